The maximum Gasteiger partial charge on any atom is 0.153 e. The number of nitrogens with zero attached hydrogens (tertiary/aromatic N) is 1. The fourth-order valence-corrected chi connectivity index (χ4v) is 2.78. The summed E-state index contributed by atoms with van der Waals surface area (Å²) < 4.78 is 13.1. The Morgan fingerprint density at radius 2 is 2.12 bits per heavy atom. The molecular weight excluding hydrogens is 225 g/mol. The summed E-state index contributed by atoms with van der Waals surface area (Å²) in [5.74, 6) is 1.87. The first-order valence-electron chi connectivity index (χ1n) is 5.33. The van der Waals surface area contributed by atoms with Crippen LogP contribution in [0.1, 0.15) is 15.9 Å². The fourth-order valence-electron chi connectivity index (χ4n) is 1.80. The van der Waals surface area contributed by atoms with Gasteiger partial charge < -0.3 is 0 Å². The highest BCUT2D eigenvalue weighted by atomic mass is 32.2. The number of carbonyl (C=O) groups is 1. The lowest BCUT2D eigenvalue weighted by molar-refractivity contribution is 0.111. The molecule has 0 atom stereocenters. The highest BCUT2D eigenvalue weighted by Gasteiger charge is 2.11. The Morgan fingerprint density at radius 1 is 1.38 bits per heavy atom. The van der Waals surface area contributed by atoms with Crippen molar-refractivity contribution in [3.8, 4) is 0 Å². The highest BCUT2D eigenvalue weighted by molar-refractivity contribution is 7.99. The van der Waals surface area contributed by atoms with Gasteiger partial charge in [-0.1, -0.05) is 6.07 Å². The van der Waals surface area contributed by atoms with Crippen molar-refractivity contribution in [1.82, 2.24) is 4.90 Å². The molecule has 2 nitrogen and oxygen atoms in total. The zero-order valence-corrected chi connectivity index (χ0v) is 9.80. The van der Waals surface area contributed by atoms with Crippen molar-refractivity contribution in [1.29, 1.82) is 0 Å². The topological polar surface area (TPSA) is 20.3 Å². The molecule has 1 saturated heterocycles. The van der Waals surface area contributed by atoms with Gasteiger partial charge in [-0.2, -0.15) is 11.8 Å². The first-order chi connectivity index (χ1) is 7.79. The maximum absolute atomic E-state index is 13.1. The first-order valence-corrected chi connectivity index (χ1v) is 6.49. The molecule has 0 N–H and O–H groups in total. The fraction of sp³-hybridized carbons (Fsp3) is 0.417. The molecule has 0 amide bonds. The molecule has 0 radical (unpaired) electrons. The van der Waals surface area contributed by atoms with E-state index in [1.165, 1.54) is 6.07 Å². The second-order valence-electron chi connectivity index (χ2n) is 3.86. The number of hydrogen-bond donors (Lipinski definition) is 0. The van der Waals surface area contributed by atoms with Gasteiger partial charge in [0.25, 0.3) is 0 Å². The average Bonchev–Trinajstić information content (AvgIpc) is 2.33. The van der Waals surface area contributed by atoms with E-state index in [2.05, 4.69) is 4.90 Å². The molecule has 0 spiro atoms. The van der Waals surface area contributed by atoms with Crippen LogP contribution in [0.4, 0.5) is 4.39 Å². The van der Waals surface area contributed by atoms with Crippen molar-refractivity contribution in [2.45, 2.75) is 6.54 Å². The summed E-state index contributed by atoms with van der Waals surface area (Å²) in [5.41, 5.74) is 1.17. The Labute approximate surface area is 98.8 Å². The average molecular weight is 239 g/mol. The molecule has 0 saturated carbocycles. The minimum atomic E-state index is -0.437. The minimum absolute atomic E-state index is 0.156. The van der Waals surface area contributed by atoms with Crippen LogP contribution >= 0.6 is 11.8 Å². The quantitative estimate of drug-likeness (QED) is 0.754. The normalized spacial score (nSPS) is 17.3. The number of hydrogen-bond acceptors (Lipinski definition) is 3. The molecule has 1 heterocycles. The van der Waals surface area contributed by atoms with Crippen molar-refractivity contribution in [3.63, 3.8) is 0 Å². The molecule has 2 rings (SSSR count). The lowest BCUT2D eigenvalue weighted by Gasteiger charge is -2.26. The van der Waals surface area contributed by atoms with E-state index < -0.39 is 5.82 Å². The minimum Gasteiger partial charge on any atom is -0.298 e. The summed E-state index contributed by atoms with van der Waals surface area (Å²) in [7, 11) is 0. The molecule has 1 aromatic rings. The predicted molar refractivity (Wildman–Crippen MR) is 64.4 cm³/mol. The monoisotopic (exact) mass is 239 g/mol. The Balaban J connectivity index is 2.05. The van der Waals surface area contributed by atoms with Crippen molar-refractivity contribution < 1.29 is 9.18 Å². The van der Waals surface area contributed by atoms with Crippen LogP contribution < -0.4 is 0 Å². The molecule has 0 aliphatic carbocycles. The third-order valence-electron chi connectivity index (χ3n) is 2.70. The van der Waals surface area contributed by atoms with Gasteiger partial charge in [0.1, 0.15) is 5.82 Å². The third kappa shape index (κ3) is 2.83. The Kier molecular flexibility index (Phi) is 3.96. The van der Waals surface area contributed by atoms with Gasteiger partial charge in [0.2, 0.25) is 0 Å². The molecule has 1 aliphatic heterocycles. The summed E-state index contributed by atoms with van der Waals surface area (Å²) in [6, 6.07) is 4.77. The van der Waals surface area contributed by atoms with Gasteiger partial charge >= 0.3 is 0 Å². The van der Waals surface area contributed by atoms with Crippen LogP contribution in [0.5, 0.6) is 0 Å². The van der Waals surface area contributed by atoms with Gasteiger partial charge in [-0.05, 0) is 17.7 Å². The van der Waals surface area contributed by atoms with Gasteiger partial charge in [0.15, 0.2) is 6.29 Å². The molecule has 1 aromatic carbocycles. The Hall–Kier alpha value is -0.870. The zero-order valence-electron chi connectivity index (χ0n) is 8.99. The molecule has 0 unspecified atom stereocenters. The van der Waals surface area contributed by atoms with E-state index in [4.69, 9.17) is 0 Å². The van der Waals surface area contributed by atoms with Crippen LogP contribution in [0.3, 0.4) is 0 Å². The summed E-state index contributed by atoms with van der Waals surface area (Å²) in [6.45, 7) is 2.94. The number of halogens is 1. The first kappa shape index (κ1) is 11.6. The maximum atomic E-state index is 13.1. The second kappa shape index (κ2) is 5.46. The summed E-state index contributed by atoms with van der Waals surface area (Å²) in [4.78, 5) is 12.9. The van der Waals surface area contributed by atoms with Crippen molar-refractivity contribution in [2.75, 3.05) is 24.6 Å². The van der Waals surface area contributed by atoms with Crippen LogP contribution in [0.2, 0.25) is 0 Å². The number of benzene rings is 1. The third-order valence-corrected chi connectivity index (χ3v) is 3.64. The number of thioether (sulfide) groups is 1. The smallest absolute Gasteiger partial charge is 0.153 e. The van der Waals surface area contributed by atoms with E-state index in [9.17, 15) is 9.18 Å². The van der Waals surface area contributed by atoms with E-state index >= 15 is 0 Å². The van der Waals surface area contributed by atoms with Gasteiger partial charge in [-0.15, -0.1) is 0 Å². The van der Waals surface area contributed by atoms with Crippen LogP contribution in [0.25, 0.3) is 0 Å². The van der Waals surface area contributed by atoms with E-state index in [0.29, 0.717) is 6.29 Å². The molecular formula is C12H14FNOS. The molecule has 4 heteroatoms. The number of aldehydes is 1. The molecule has 1 fully saturated rings. The SMILES string of the molecule is O=Cc1cc(CN2CCSCC2)ccc1F. The summed E-state index contributed by atoms with van der Waals surface area (Å²) in [5, 5.41) is 0. The van der Waals surface area contributed by atoms with Gasteiger partial charge in [-0.25, -0.2) is 4.39 Å². The molecule has 0 bridgehead atoms. The van der Waals surface area contributed by atoms with Crippen LogP contribution in [-0.4, -0.2) is 35.8 Å². The largest absolute Gasteiger partial charge is 0.298 e. The van der Waals surface area contributed by atoms with E-state index in [-0.39, 0.29) is 5.56 Å². The lowest BCUT2D eigenvalue weighted by atomic mass is 10.1. The predicted octanol–water partition coefficient (Wildman–Crippen LogP) is 2.19. The van der Waals surface area contributed by atoms with Gasteiger partial charge in [0, 0.05) is 31.1 Å². The standard InChI is InChI=1S/C12H14FNOS/c13-12-2-1-10(7-11(12)9-15)8-14-3-5-16-6-4-14/h1-2,7,9H,3-6,8H2. The van der Waals surface area contributed by atoms with Crippen molar-refractivity contribution in [3.05, 3.63) is 35.1 Å². The van der Waals surface area contributed by atoms with Crippen LogP contribution in [-0.2, 0) is 6.54 Å². The van der Waals surface area contributed by atoms with E-state index in [0.717, 1.165) is 36.7 Å². The Morgan fingerprint density at radius 3 is 2.81 bits per heavy atom. The highest BCUT2D eigenvalue weighted by Crippen LogP contribution is 2.14. The summed E-state index contributed by atoms with van der Waals surface area (Å²) >= 11 is 1.96. The second-order valence-corrected chi connectivity index (χ2v) is 5.09. The zero-order chi connectivity index (χ0) is 11.4. The molecule has 0 aromatic heterocycles. The van der Waals surface area contributed by atoms with E-state index in [1.54, 1.807) is 12.1 Å². The Bertz CT molecular complexity index is 377. The summed E-state index contributed by atoms with van der Waals surface area (Å²) in [6.07, 6.45) is 0.574. The molecule has 1 aliphatic rings. The van der Waals surface area contributed by atoms with Crippen molar-refractivity contribution in [2.24, 2.45) is 0 Å². The van der Waals surface area contributed by atoms with E-state index in [1.807, 2.05) is 11.8 Å². The van der Waals surface area contributed by atoms with Gasteiger partial charge in [-0.3, -0.25) is 9.69 Å². The number of rotatable bonds is 3. The molecule has 16 heavy (non-hydrogen) atoms. The van der Waals surface area contributed by atoms with Crippen molar-refractivity contribution >= 4 is 18.0 Å². The van der Waals surface area contributed by atoms with Crippen LogP contribution in [0.15, 0.2) is 18.2 Å². The van der Waals surface area contributed by atoms with Gasteiger partial charge in [0.05, 0.1) is 5.56 Å². The number of carbonyl (C=O) groups excluding carboxylic acids is 1. The van der Waals surface area contributed by atoms with Crippen LogP contribution in [0, 0.1) is 5.82 Å². The lowest BCUT2D eigenvalue weighted by Crippen LogP contribution is -2.31. The molecule has 86 valence electrons.